The normalized spacial score (nSPS) is 15.6. The van der Waals surface area contributed by atoms with Crippen molar-refractivity contribution in [3.63, 3.8) is 0 Å². The van der Waals surface area contributed by atoms with Crippen LogP contribution in [-0.2, 0) is 11.2 Å². The van der Waals surface area contributed by atoms with Crippen LogP contribution in [0.5, 0.6) is 0 Å². The van der Waals surface area contributed by atoms with Gasteiger partial charge in [-0.1, -0.05) is 30.7 Å². The third-order valence-electron chi connectivity index (χ3n) is 4.64. The van der Waals surface area contributed by atoms with Crippen LogP contribution in [0.15, 0.2) is 29.3 Å². The van der Waals surface area contributed by atoms with Crippen molar-refractivity contribution in [3.8, 4) is 0 Å². The first-order valence-corrected chi connectivity index (χ1v) is 9.50. The van der Waals surface area contributed by atoms with Crippen LogP contribution >= 0.6 is 35.6 Å². The number of hydrogen-bond acceptors (Lipinski definition) is 2. The van der Waals surface area contributed by atoms with Crippen molar-refractivity contribution in [1.82, 2.24) is 15.5 Å². The summed E-state index contributed by atoms with van der Waals surface area (Å²) < 4.78 is 0. The number of guanidine groups is 1. The van der Waals surface area contributed by atoms with E-state index in [1.165, 1.54) is 5.56 Å². The fraction of sp³-hybridized carbons (Fsp3) is 0.579. The number of halogens is 2. The first kappa shape index (κ1) is 23.0. The van der Waals surface area contributed by atoms with Crippen molar-refractivity contribution >= 4 is 47.4 Å². The van der Waals surface area contributed by atoms with Crippen LogP contribution in [0.2, 0.25) is 5.02 Å². The number of aliphatic imine (C=N–C) groups is 1. The Labute approximate surface area is 179 Å². The van der Waals surface area contributed by atoms with E-state index in [1.54, 1.807) is 7.05 Å². The van der Waals surface area contributed by atoms with E-state index >= 15 is 0 Å². The fourth-order valence-electron chi connectivity index (χ4n) is 3.19. The second-order valence-corrected chi connectivity index (χ2v) is 6.78. The minimum absolute atomic E-state index is 0. The number of benzene rings is 1. The second kappa shape index (κ2) is 12.4. The summed E-state index contributed by atoms with van der Waals surface area (Å²) in [5, 5.41) is 7.44. The highest BCUT2D eigenvalue weighted by molar-refractivity contribution is 14.0. The standard InChI is InChI=1S/C19H29ClN4O.HI/c1-3-17(24-14-4-5-18(24)25)11-13-23-19(21-2)22-12-10-15-6-8-16(20)9-7-15;/h6-9,17H,3-5,10-14H2,1-2H3,(H2,21,22,23);1H. The van der Waals surface area contributed by atoms with E-state index in [9.17, 15) is 4.79 Å². The van der Waals surface area contributed by atoms with Gasteiger partial charge in [0, 0.05) is 44.2 Å². The minimum Gasteiger partial charge on any atom is -0.356 e. The Balaban J connectivity index is 0.00000338. The molecule has 1 amide bonds. The summed E-state index contributed by atoms with van der Waals surface area (Å²) in [5.74, 6) is 1.11. The number of amides is 1. The third-order valence-corrected chi connectivity index (χ3v) is 4.89. The largest absolute Gasteiger partial charge is 0.356 e. The van der Waals surface area contributed by atoms with Gasteiger partial charge in [-0.15, -0.1) is 24.0 Å². The highest BCUT2D eigenvalue weighted by Crippen LogP contribution is 2.17. The van der Waals surface area contributed by atoms with E-state index in [0.29, 0.717) is 18.4 Å². The molecule has 0 aromatic heterocycles. The summed E-state index contributed by atoms with van der Waals surface area (Å²) in [7, 11) is 1.78. The molecule has 5 nitrogen and oxygen atoms in total. The Hall–Kier alpha value is -1.02. The van der Waals surface area contributed by atoms with Gasteiger partial charge in [-0.05, 0) is 43.4 Å². The maximum Gasteiger partial charge on any atom is 0.222 e. The lowest BCUT2D eigenvalue weighted by Gasteiger charge is -2.27. The maximum atomic E-state index is 11.9. The first-order chi connectivity index (χ1) is 12.1. The van der Waals surface area contributed by atoms with E-state index in [2.05, 4.69) is 22.5 Å². The Kier molecular flexibility index (Phi) is 11.0. The average molecular weight is 493 g/mol. The van der Waals surface area contributed by atoms with E-state index in [4.69, 9.17) is 11.6 Å². The first-order valence-electron chi connectivity index (χ1n) is 9.12. The molecule has 2 rings (SSSR count). The Morgan fingerprint density at radius 2 is 1.96 bits per heavy atom. The zero-order valence-corrected chi connectivity index (χ0v) is 18.7. The molecule has 1 atom stereocenters. The quantitative estimate of drug-likeness (QED) is 0.332. The molecule has 146 valence electrons. The highest BCUT2D eigenvalue weighted by atomic mass is 127. The fourth-order valence-corrected chi connectivity index (χ4v) is 3.32. The number of nitrogens with one attached hydrogen (secondary N) is 2. The smallest absolute Gasteiger partial charge is 0.222 e. The van der Waals surface area contributed by atoms with E-state index in [-0.39, 0.29) is 24.0 Å². The molecule has 0 bridgehead atoms. The predicted octanol–water partition coefficient (Wildman–Crippen LogP) is 3.46. The molecule has 0 saturated carbocycles. The molecule has 1 heterocycles. The lowest BCUT2D eigenvalue weighted by atomic mass is 10.1. The van der Waals surface area contributed by atoms with Gasteiger partial charge in [-0.3, -0.25) is 9.79 Å². The van der Waals surface area contributed by atoms with Crippen LogP contribution in [0.1, 0.15) is 38.2 Å². The molecule has 2 N–H and O–H groups in total. The maximum absolute atomic E-state index is 11.9. The van der Waals surface area contributed by atoms with Crippen LogP contribution in [-0.4, -0.2) is 49.5 Å². The van der Waals surface area contributed by atoms with E-state index in [1.807, 2.05) is 29.2 Å². The van der Waals surface area contributed by atoms with Crippen LogP contribution in [0.25, 0.3) is 0 Å². The van der Waals surface area contributed by atoms with Crippen molar-refractivity contribution in [2.45, 2.75) is 45.1 Å². The van der Waals surface area contributed by atoms with Gasteiger partial charge in [-0.2, -0.15) is 0 Å². The molecule has 1 fully saturated rings. The summed E-state index contributed by atoms with van der Waals surface area (Å²) >= 11 is 5.90. The summed E-state index contributed by atoms with van der Waals surface area (Å²) in [6.07, 6.45) is 4.56. The molecule has 1 saturated heterocycles. The van der Waals surface area contributed by atoms with Crippen molar-refractivity contribution in [2.75, 3.05) is 26.7 Å². The number of carbonyl (C=O) groups excluding carboxylic acids is 1. The Morgan fingerprint density at radius 3 is 2.54 bits per heavy atom. The molecule has 0 spiro atoms. The summed E-state index contributed by atoms with van der Waals surface area (Å²) in [6, 6.07) is 8.23. The highest BCUT2D eigenvalue weighted by Gasteiger charge is 2.26. The summed E-state index contributed by atoms with van der Waals surface area (Å²) in [6.45, 7) is 4.67. The molecule has 0 aliphatic carbocycles. The van der Waals surface area contributed by atoms with Gasteiger partial charge in [0.2, 0.25) is 5.91 Å². The average Bonchev–Trinajstić information content (AvgIpc) is 3.04. The van der Waals surface area contributed by atoms with Crippen LogP contribution in [0, 0.1) is 0 Å². The number of rotatable bonds is 8. The molecule has 1 aromatic rings. The summed E-state index contributed by atoms with van der Waals surface area (Å²) in [4.78, 5) is 18.2. The minimum atomic E-state index is 0. The lowest BCUT2D eigenvalue weighted by molar-refractivity contribution is -0.129. The number of likely N-dealkylation sites (tertiary alicyclic amines) is 1. The zero-order chi connectivity index (χ0) is 18.1. The lowest BCUT2D eigenvalue weighted by Crippen LogP contribution is -2.42. The number of hydrogen-bond donors (Lipinski definition) is 2. The third kappa shape index (κ3) is 7.31. The monoisotopic (exact) mass is 492 g/mol. The van der Waals surface area contributed by atoms with Crippen LogP contribution in [0.3, 0.4) is 0 Å². The van der Waals surface area contributed by atoms with Crippen LogP contribution in [0.4, 0.5) is 0 Å². The molecule has 7 heteroatoms. The Bertz CT molecular complexity index is 579. The van der Waals surface area contributed by atoms with Crippen molar-refractivity contribution in [3.05, 3.63) is 34.9 Å². The van der Waals surface area contributed by atoms with Gasteiger partial charge in [0.1, 0.15) is 0 Å². The zero-order valence-electron chi connectivity index (χ0n) is 15.6. The number of nitrogens with zero attached hydrogens (tertiary/aromatic N) is 2. The molecular formula is C19H30ClIN4O. The van der Waals surface area contributed by atoms with Gasteiger partial charge in [0.05, 0.1) is 0 Å². The van der Waals surface area contributed by atoms with Gasteiger partial charge in [0.25, 0.3) is 0 Å². The van der Waals surface area contributed by atoms with Gasteiger partial charge in [-0.25, -0.2) is 0 Å². The van der Waals surface area contributed by atoms with Gasteiger partial charge in [0.15, 0.2) is 5.96 Å². The van der Waals surface area contributed by atoms with Gasteiger partial charge >= 0.3 is 0 Å². The summed E-state index contributed by atoms with van der Waals surface area (Å²) in [5.41, 5.74) is 1.24. The molecule has 1 unspecified atom stereocenters. The predicted molar refractivity (Wildman–Crippen MR) is 120 cm³/mol. The van der Waals surface area contributed by atoms with Crippen molar-refractivity contribution < 1.29 is 4.79 Å². The molecule has 1 aliphatic rings. The van der Waals surface area contributed by atoms with E-state index in [0.717, 1.165) is 56.3 Å². The second-order valence-electron chi connectivity index (χ2n) is 6.34. The molecule has 26 heavy (non-hydrogen) atoms. The molecule has 1 aromatic carbocycles. The van der Waals surface area contributed by atoms with Crippen LogP contribution < -0.4 is 10.6 Å². The van der Waals surface area contributed by atoms with Crippen molar-refractivity contribution in [1.29, 1.82) is 0 Å². The molecule has 0 radical (unpaired) electrons. The van der Waals surface area contributed by atoms with E-state index < -0.39 is 0 Å². The molecular weight excluding hydrogens is 463 g/mol. The number of carbonyl (C=O) groups is 1. The van der Waals surface area contributed by atoms with Gasteiger partial charge < -0.3 is 15.5 Å². The molecule has 1 aliphatic heterocycles. The topological polar surface area (TPSA) is 56.7 Å². The Morgan fingerprint density at radius 1 is 1.27 bits per heavy atom. The van der Waals surface area contributed by atoms with Crippen molar-refractivity contribution in [2.24, 2.45) is 4.99 Å². The SMILES string of the molecule is CCC(CCNC(=NC)NCCc1ccc(Cl)cc1)N1CCCC1=O.I.